The minimum Gasteiger partial charge on any atom is -0.458 e. The summed E-state index contributed by atoms with van der Waals surface area (Å²) in [6.45, 7) is 11.7. The Morgan fingerprint density at radius 1 is 1.69 bits per heavy atom. The van der Waals surface area contributed by atoms with E-state index < -0.39 is 12.6 Å². The number of cyclic esters (lactones) is 1. The lowest BCUT2D eigenvalue weighted by molar-refractivity contribution is -0.142. The number of hydrogen-bond donors (Lipinski definition) is 0. The molecule has 0 aromatic heterocycles. The van der Waals surface area contributed by atoms with E-state index in [2.05, 4.69) is 35.6 Å². The van der Waals surface area contributed by atoms with Gasteiger partial charge in [0.1, 0.15) is 16.5 Å². The fourth-order valence-corrected chi connectivity index (χ4v) is 3.43. The van der Waals surface area contributed by atoms with Crippen molar-refractivity contribution in [2.75, 3.05) is 0 Å². The van der Waals surface area contributed by atoms with E-state index in [0.717, 1.165) is 6.42 Å². The lowest BCUT2D eigenvalue weighted by atomic mass is 10.0. The highest BCUT2D eigenvalue weighted by Gasteiger charge is 2.54. The van der Waals surface area contributed by atoms with E-state index in [-0.39, 0.29) is 18.2 Å². The van der Waals surface area contributed by atoms with Crippen LogP contribution in [0.3, 0.4) is 0 Å². The van der Waals surface area contributed by atoms with Crippen molar-refractivity contribution in [1.82, 2.24) is 0 Å². The van der Waals surface area contributed by atoms with Gasteiger partial charge in [-0.1, -0.05) is 28.6 Å². The minimum atomic E-state index is -1.92. The van der Waals surface area contributed by atoms with Crippen LogP contribution in [0.4, 0.5) is 0 Å². The van der Waals surface area contributed by atoms with Crippen LogP contribution in [0.2, 0.25) is 13.1 Å². The van der Waals surface area contributed by atoms with Gasteiger partial charge in [0, 0.05) is 0 Å². The highest BCUT2D eigenvalue weighted by atomic mass is 79.9. The Morgan fingerprint density at radius 2 is 2.25 bits per heavy atom. The lowest BCUT2D eigenvalue weighted by Crippen LogP contribution is -2.46. The normalized spacial score (nSPS) is 34.9. The lowest BCUT2D eigenvalue weighted by Gasteiger charge is -2.31. The van der Waals surface area contributed by atoms with Gasteiger partial charge >= 0.3 is 5.97 Å². The van der Waals surface area contributed by atoms with E-state index >= 15 is 0 Å². The predicted octanol–water partition coefficient (Wildman–Crippen LogP) is 2.79. The molecule has 3 atom stereocenters. The summed E-state index contributed by atoms with van der Waals surface area (Å²) in [6.07, 6.45) is 0.368. The molecule has 1 saturated heterocycles. The van der Waals surface area contributed by atoms with Gasteiger partial charge in [-0.25, -0.2) is 0 Å². The molecule has 1 aliphatic rings. The van der Waals surface area contributed by atoms with Crippen LogP contribution >= 0.6 is 15.9 Å². The maximum absolute atomic E-state index is 11.7. The Hall–Kier alpha value is -0.133. The van der Waals surface area contributed by atoms with Gasteiger partial charge in [-0.2, -0.15) is 0 Å². The quantitative estimate of drug-likeness (QED) is 0.455. The highest BCUT2D eigenvalue weighted by Crippen LogP contribution is 2.38. The maximum Gasteiger partial charge on any atom is 0.325 e. The topological polar surface area (TPSA) is 35.5 Å². The summed E-state index contributed by atoms with van der Waals surface area (Å²) in [4.78, 5) is 11.7. The highest BCUT2D eigenvalue weighted by molar-refractivity contribution is 9.10. The Kier molecular flexibility index (Phi) is 4.02. The average Bonchev–Trinajstić information content (AvgIpc) is 2.41. The molecular weight excluding hydrogens is 288 g/mol. The van der Waals surface area contributed by atoms with Crippen LogP contribution in [0.25, 0.3) is 0 Å². The number of rotatable bonds is 4. The predicted molar refractivity (Wildman–Crippen MR) is 70.1 cm³/mol. The Balaban J connectivity index is 2.90. The van der Waals surface area contributed by atoms with Gasteiger partial charge < -0.3 is 9.16 Å². The smallest absolute Gasteiger partial charge is 0.325 e. The van der Waals surface area contributed by atoms with E-state index in [1.807, 2.05) is 19.5 Å². The average molecular weight is 307 g/mol. The zero-order valence-corrected chi connectivity index (χ0v) is 12.8. The van der Waals surface area contributed by atoms with E-state index in [1.54, 1.807) is 0 Å². The summed E-state index contributed by atoms with van der Waals surface area (Å²) >= 11 is 3.43. The van der Waals surface area contributed by atoms with Crippen molar-refractivity contribution in [2.24, 2.45) is 0 Å². The Bertz CT molecular complexity index is 302. The standard InChI is InChI=1S/C11H19BrO3Si/c1-6-8-9(15-16(4,5)7-2)11(3,12)10(13)14-8/h7-9H,2,6H2,1,3-5H3/t8-,9-,11?/m1/s1. The molecular formula is C11H19BrO3Si. The summed E-state index contributed by atoms with van der Waals surface area (Å²) in [5, 5.41) is 0. The summed E-state index contributed by atoms with van der Waals surface area (Å²) in [7, 11) is -1.92. The zero-order chi connectivity index (χ0) is 12.6. The van der Waals surface area contributed by atoms with Gasteiger partial charge in [0.25, 0.3) is 0 Å². The van der Waals surface area contributed by atoms with Crippen molar-refractivity contribution in [1.29, 1.82) is 0 Å². The molecule has 1 aliphatic heterocycles. The zero-order valence-electron chi connectivity index (χ0n) is 10.2. The van der Waals surface area contributed by atoms with Crippen molar-refractivity contribution >= 4 is 30.2 Å². The number of halogens is 1. The molecule has 92 valence electrons. The molecule has 1 rings (SSSR count). The molecule has 0 radical (unpaired) electrons. The van der Waals surface area contributed by atoms with Gasteiger partial charge in [0.05, 0.1) is 0 Å². The Labute approximate surface area is 106 Å². The van der Waals surface area contributed by atoms with E-state index in [1.165, 1.54) is 0 Å². The minimum absolute atomic E-state index is 0.163. The summed E-state index contributed by atoms with van der Waals surface area (Å²) in [5.74, 6) is -0.238. The van der Waals surface area contributed by atoms with Crippen LogP contribution in [0.15, 0.2) is 12.3 Å². The molecule has 5 heteroatoms. The number of alkyl halides is 1. The second-order valence-electron chi connectivity index (χ2n) is 4.77. The van der Waals surface area contributed by atoms with Crippen molar-refractivity contribution in [3.05, 3.63) is 12.3 Å². The summed E-state index contributed by atoms with van der Waals surface area (Å²) in [5.41, 5.74) is 1.87. The summed E-state index contributed by atoms with van der Waals surface area (Å²) in [6, 6.07) is 0. The van der Waals surface area contributed by atoms with Crippen molar-refractivity contribution in [3.63, 3.8) is 0 Å². The summed E-state index contributed by atoms with van der Waals surface area (Å²) < 4.78 is 10.6. The first-order chi connectivity index (χ1) is 7.24. The molecule has 0 N–H and O–H groups in total. The van der Waals surface area contributed by atoms with Crippen LogP contribution in [-0.4, -0.2) is 30.8 Å². The molecule has 0 saturated carbocycles. The number of esters is 1. The SMILES string of the molecule is C=C[Si](C)(C)O[C@@H]1[C@@H](CC)OC(=O)C1(C)Br. The second-order valence-corrected chi connectivity index (χ2v) is 10.3. The van der Waals surface area contributed by atoms with Crippen molar-refractivity contribution in [2.45, 2.75) is 49.9 Å². The molecule has 3 nitrogen and oxygen atoms in total. The molecule has 1 heterocycles. The van der Waals surface area contributed by atoms with Crippen LogP contribution in [0, 0.1) is 0 Å². The third-order valence-corrected chi connectivity index (χ3v) is 5.47. The van der Waals surface area contributed by atoms with E-state index in [0.29, 0.717) is 0 Å². The fourth-order valence-electron chi connectivity index (χ4n) is 1.64. The molecule has 0 aromatic rings. The third-order valence-electron chi connectivity index (χ3n) is 2.85. The maximum atomic E-state index is 11.7. The van der Waals surface area contributed by atoms with Gasteiger partial charge in [0.2, 0.25) is 8.32 Å². The molecule has 0 amide bonds. The van der Waals surface area contributed by atoms with Crippen molar-refractivity contribution < 1.29 is 14.0 Å². The van der Waals surface area contributed by atoms with Crippen molar-refractivity contribution in [3.8, 4) is 0 Å². The van der Waals surface area contributed by atoms with Gasteiger partial charge in [-0.15, -0.1) is 6.58 Å². The molecule has 0 aromatic carbocycles. The molecule has 16 heavy (non-hydrogen) atoms. The number of carbonyl (C=O) groups is 1. The van der Waals surface area contributed by atoms with Crippen LogP contribution in [-0.2, 0) is 14.0 Å². The Morgan fingerprint density at radius 3 is 2.69 bits per heavy atom. The van der Waals surface area contributed by atoms with Gasteiger partial charge in [0.15, 0.2) is 0 Å². The largest absolute Gasteiger partial charge is 0.458 e. The van der Waals surface area contributed by atoms with Gasteiger partial charge in [-0.3, -0.25) is 4.79 Å². The monoisotopic (exact) mass is 306 g/mol. The first-order valence-corrected chi connectivity index (χ1v) is 9.24. The van der Waals surface area contributed by atoms with E-state index in [9.17, 15) is 4.79 Å². The molecule has 0 aliphatic carbocycles. The van der Waals surface area contributed by atoms with E-state index in [4.69, 9.17) is 9.16 Å². The number of carbonyl (C=O) groups excluding carboxylic acids is 1. The third kappa shape index (κ3) is 2.57. The van der Waals surface area contributed by atoms with Gasteiger partial charge in [-0.05, 0) is 26.4 Å². The molecule has 0 bridgehead atoms. The number of hydrogen-bond acceptors (Lipinski definition) is 3. The molecule has 1 unspecified atom stereocenters. The molecule has 1 fully saturated rings. The van der Waals surface area contributed by atoms with Crippen LogP contribution in [0.5, 0.6) is 0 Å². The van der Waals surface area contributed by atoms with Crippen LogP contribution < -0.4 is 0 Å². The first-order valence-electron chi connectivity index (χ1n) is 5.46. The number of ether oxygens (including phenoxy) is 1. The van der Waals surface area contributed by atoms with Crippen LogP contribution in [0.1, 0.15) is 20.3 Å². The first kappa shape index (κ1) is 13.9. The second kappa shape index (κ2) is 4.62. The fraction of sp³-hybridized carbons (Fsp3) is 0.727. The molecule has 0 spiro atoms.